The van der Waals surface area contributed by atoms with E-state index in [1.807, 2.05) is 47.2 Å². The predicted molar refractivity (Wildman–Crippen MR) is 173 cm³/mol. The van der Waals surface area contributed by atoms with E-state index in [4.69, 9.17) is 4.74 Å². The maximum absolute atomic E-state index is 14.1. The van der Waals surface area contributed by atoms with Crippen LogP contribution in [0.4, 0.5) is 0 Å². The number of rotatable bonds is 9. The first-order valence-corrected chi connectivity index (χ1v) is 15.5. The van der Waals surface area contributed by atoms with Crippen molar-refractivity contribution in [3.63, 3.8) is 0 Å². The Morgan fingerprint density at radius 3 is 2.40 bits per heavy atom. The van der Waals surface area contributed by atoms with E-state index < -0.39 is 0 Å². The molecule has 1 saturated heterocycles. The minimum Gasteiger partial charge on any atom is -0.493 e. The maximum Gasteiger partial charge on any atom is 0.251 e. The first-order valence-electron chi connectivity index (χ1n) is 15.5. The third kappa shape index (κ3) is 7.37. The first kappa shape index (κ1) is 30.6. The van der Waals surface area contributed by atoms with Crippen LogP contribution in [0.3, 0.4) is 0 Å². The summed E-state index contributed by atoms with van der Waals surface area (Å²) in [6, 6.07) is 27.0. The van der Waals surface area contributed by atoms with E-state index in [2.05, 4.69) is 74.6 Å². The van der Waals surface area contributed by atoms with Crippen LogP contribution in [0.5, 0.6) is 5.75 Å². The van der Waals surface area contributed by atoms with E-state index in [1.54, 1.807) is 6.92 Å². The van der Waals surface area contributed by atoms with Crippen LogP contribution < -0.4 is 10.1 Å². The molecule has 5 rings (SSSR count). The Hall–Kier alpha value is -3.90. The number of hydrogen-bond donors (Lipinski definition) is 1. The van der Waals surface area contributed by atoms with E-state index in [1.165, 1.54) is 16.7 Å². The molecule has 2 aliphatic rings. The molecule has 6 heteroatoms. The number of likely N-dealkylation sites (N-methyl/N-ethyl adjacent to an activating group) is 1. The van der Waals surface area contributed by atoms with E-state index in [-0.39, 0.29) is 29.3 Å². The molecule has 1 N–H and O–H groups in total. The number of benzene rings is 3. The second-order valence-corrected chi connectivity index (χ2v) is 12.9. The second kappa shape index (κ2) is 13.2. The van der Waals surface area contributed by atoms with Gasteiger partial charge in [-0.05, 0) is 52.1 Å². The van der Waals surface area contributed by atoms with Crippen LogP contribution in [0.1, 0.15) is 56.4 Å². The fraction of sp³-hybridized carbons (Fsp3) is 0.405. The number of fused-ring (bicyclic) bond motifs is 2. The molecule has 3 aromatic carbocycles. The molecule has 3 aromatic rings. The molecule has 2 unspecified atom stereocenters. The Balaban J connectivity index is 1.38. The summed E-state index contributed by atoms with van der Waals surface area (Å²) in [6.07, 6.45) is 2.26. The number of nitrogens with zero attached hydrogens (tertiary/aromatic N) is 2. The number of nitrogens with one attached hydrogen (secondary N) is 1. The van der Waals surface area contributed by atoms with Gasteiger partial charge >= 0.3 is 0 Å². The average Bonchev–Trinajstić information content (AvgIpc) is 2.99. The van der Waals surface area contributed by atoms with Gasteiger partial charge in [0.05, 0.1) is 12.6 Å². The van der Waals surface area contributed by atoms with Gasteiger partial charge in [-0.2, -0.15) is 0 Å². The van der Waals surface area contributed by atoms with E-state index in [0.29, 0.717) is 32.7 Å². The third-order valence-electron chi connectivity index (χ3n) is 8.62. The molecular formula is C37H45N3O3. The quantitative estimate of drug-likeness (QED) is 0.356. The molecule has 2 heterocycles. The SMILES string of the molecule is CC(=O)N1CC2CC(c3cccc(CCOc4ccccc4C(C)(C)C)c3)=C(C(=O)N(C)CCc3ccccc3)C(C1)N2. The summed E-state index contributed by atoms with van der Waals surface area (Å²) in [5.41, 5.74) is 6.55. The topological polar surface area (TPSA) is 61.9 Å². The summed E-state index contributed by atoms with van der Waals surface area (Å²) in [5.74, 6) is 1.01. The minimum absolute atomic E-state index is 0.00519. The van der Waals surface area contributed by atoms with Gasteiger partial charge in [-0.15, -0.1) is 0 Å². The van der Waals surface area contributed by atoms with E-state index in [0.717, 1.165) is 35.3 Å². The Labute approximate surface area is 256 Å². The highest BCUT2D eigenvalue weighted by atomic mass is 16.5. The zero-order valence-electron chi connectivity index (χ0n) is 26.2. The van der Waals surface area contributed by atoms with Crippen molar-refractivity contribution in [3.05, 3.63) is 107 Å². The average molecular weight is 580 g/mol. The molecule has 2 bridgehead atoms. The molecule has 0 saturated carbocycles. The second-order valence-electron chi connectivity index (χ2n) is 12.9. The summed E-state index contributed by atoms with van der Waals surface area (Å²) in [5, 5.41) is 3.66. The molecule has 1 fully saturated rings. The van der Waals surface area contributed by atoms with Crippen molar-refractivity contribution < 1.29 is 14.3 Å². The Morgan fingerprint density at radius 2 is 1.65 bits per heavy atom. The maximum atomic E-state index is 14.1. The molecule has 0 aliphatic carbocycles. The van der Waals surface area contributed by atoms with Gasteiger partial charge in [-0.25, -0.2) is 0 Å². The van der Waals surface area contributed by atoms with Crippen LogP contribution in [-0.2, 0) is 27.8 Å². The minimum atomic E-state index is -0.195. The van der Waals surface area contributed by atoms with Crippen molar-refractivity contribution in [2.45, 2.75) is 64.5 Å². The molecule has 2 amide bonds. The largest absolute Gasteiger partial charge is 0.493 e. The van der Waals surface area contributed by atoms with Gasteiger partial charge in [0.1, 0.15) is 5.75 Å². The van der Waals surface area contributed by atoms with Gasteiger partial charge in [0.25, 0.3) is 5.91 Å². The number of para-hydroxylation sites is 1. The molecule has 0 radical (unpaired) electrons. The molecule has 6 nitrogen and oxygen atoms in total. The number of piperazine rings is 1. The summed E-state index contributed by atoms with van der Waals surface area (Å²) in [4.78, 5) is 30.2. The number of hydrogen-bond acceptors (Lipinski definition) is 4. The highest BCUT2D eigenvalue weighted by molar-refractivity contribution is 6.03. The van der Waals surface area contributed by atoms with Crippen molar-refractivity contribution in [2.75, 3.05) is 33.3 Å². The molecular weight excluding hydrogens is 534 g/mol. The van der Waals surface area contributed by atoms with Gasteiger partial charge in [0.2, 0.25) is 5.91 Å². The molecule has 0 spiro atoms. The number of carbonyl (C=O) groups excluding carboxylic acids is 2. The summed E-state index contributed by atoms with van der Waals surface area (Å²) in [7, 11) is 1.89. The number of ether oxygens (including phenoxy) is 1. The first-order chi connectivity index (χ1) is 20.6. The van der Waals surface area contributed by atoms with Crippen molar-refractivity contribution in [1.29, 1.82) is 0 Å². The summed E-state index contributed by atoms with van der Waals surface area (Å²) < 4.78 is 6.28. The third-order valence-corrected chi connectivity index (χ3v) is 8.62. The Kier molecular flexibility index (Phi) is 9.36. The normalized spacial score (nSPS) is 18.4. The van der Waals surface area contributed by atoms with Crippen LogP contribution in [-0.4, -0.2) is 67.0 Å². The molecule has 226 valence electrons. The van der Waals surface area contributed by atoms with E-state index >= 15 is 0 Å². The van der Waals surface area contributed by atoms with Crippen molar-refractivity contribution in [3.8, 4) is 5.75 Å². The fourth-order valence-electron chi connectivity index (χ4n) is 6.28. The lowest BCUT2D eigenvalue weighted by molar-refractivity contribution is -0.132. The zero-order valence-corrected chi connectivity index (χ0v) is 26.2. The zero-order chi connectivity index (χ0) is 30.6. The molecule has 2 atom stereocenters. The lowest BCUT2D eigenvalue weighted by Crippen LogP contribution is -2.61. The van der Waals surface area contributed by atoms with Crippen LogP contribution in [0.15, 0.2) is 84.4 Å². The monoisotopic (exact) mass is 579 g/mol. The fourth-order valence-corrected chi connectivity index (χ4v) is 6.28. The van der Waals surface area contributed by atoms with Gasteiger partial charge in [0, 0.05) is 51.6 Å². The number of amides is 2. The molecule has 2 aliphatic heterocycles. The van der Waals surface area contributed by atoms with Crippen LogP contribution in [0, 0.1) is 0 Å². The Bertz CT molecular complexity index is 1470. The van der Waals surface area contributed by atoms with Crippen LogP contribution in [0.25, 0.3) is 5.57 Å². The number of carbonyl (C=O) groups is 2. The molecule has 43 heavy (non-hydrogen) atoms. The van der Waals surface area contributed by atoms with Crippen LogP contribution in [0.2, 0.25) is 0 Å². The lowest BCUT2D eigenvalue weighted by atomic mass is 9.82. The summed E-state index contributed by atoms with van der Waals surface area (Å²) >= 11 is 0. The van der Waals surface area contributed by atoms with Gasteiger partial charge in [-0.3, -0.25) is 9.59 Å². The van der Waals surface area contributed by atoms with Crippen molar-refractivity contribution in [2.24, 2.45) is 0 Å². The highest BCUT2D eigenvalue weighted by Crippen LogP contribution is 2.35. The predicted octanol–water partition coefficient (Wildman–Crippen LogP) is 5.65. The van der Waals surface area contributed by atoms with Gasteiger partial charge in [0.15, 0.2) is 0 Å². The van der Waals surface area contributed by atoms with Crippen molar-refractivity contribution >= 4 is 17.4 Å². The van der Waals surface area contributed by atoms with Crippen molar-refractivity contribution in [1.82, 2.24) is 15.1 Å². The van der Waals surface area contributed by atoms with Gasteiger partial charge < -0.3 is 19.9 Å². The lowest BCUT2D eigenvalue weighted by Gasteiger charge is -2.44. The standard InChI is InChI=1S/C37H45N3O3/c1-26(41)40-24-30-23-31(35(33(25-40)38-30)36(42)39(5)20-18-27-12-7-6-8-13-27)29-15-11-14-28(22-29)19-21-43-34-17-10-9-16-32(34)37(2,3)4/h6-17,22,30,33,38H,18-21,23-25H2,1-5H3. The molecule has 0 aromatic heterocycles. The highest BCUT2D eigenvalue weighted by Gasteiger charge is 2.39. The van der Waals surface area contributed by atoms with E-state index in [9.17, 15) is 9.59 Å². The smallest absolute Gasteiger partial charge is 0.251 e. The Morgan fingerprint density at radius 1 is 0.930 bits per heavy atom. The van der Waals surface area contributed by atoms with Gasteiger partial charge in [-0.1, -0.05) is 93.6 Å². The van der Waals surface area contributed by atoms with Crippen LogP contribution >= 0.6 is 0 Å². The summed E-state index contributed by atoms with van der Waals surface area (Å²) in [6.45, 7) is 10.6.